The second-order valence-corrected chi connectivity index (χ2v) is 7.39. The zero-order chi connectivity index (χ0) is 21.1. The van der Waals surface area contributed by atoms with Crippen molar-refractivity contribution in [2.45, 2.75) is 33.2 Å². The molecule has 4 aromatic rings. The number of nitrogens with zero attached hydrogens (tertiary/aromatic N) is 1. The van der Waals surface area contributed by atoms with E-state index in [1.807, 2.05) is 80.6 Å². The van der Waals surface area contributed by atoms with Crippen LogP contribution in [0, 0.1) is 6.92 Å². The van der Waals surface area contributed by atoms with Crippen molar-refractivity contribution in [3.8, 4) is 0 Å². The van der Waals surface area contributed by atoms with Crippen molar-refractivity contribution in [2.24, 2.45) is 0 Å². The summed E-state index contributed by atoms with van der Waals surface area (Å²) in [5.41, 5.74) is 3.39. The van der Waals surface area contributed by atoms with Crippen molar-refractivity contribution in [1.29, 1.82) is 0 Å². The summed E-state index contributed by atoms with van der Waals surface area (Å²) < 4.78 is 7.18. The fraction of sp³-hybridized carbons (Fsp3) is 0.231. The molecule has 3 aromatic carbocycles. The molecule has 1 heterocycles. The van der Waals surface area contributed by atoms with Gasteiger partial charge in [-0.15, -0.1) is 0 Å². The van der Waals surface area contributed by atoms with Crippen LogP contribution in [0.2, 0.25) is 0 Å². The van der Waals surface area contributed by atoms with Gasteiger partial charge in [-0.1, -0.05) is 60.7 Å². The Morgan fingerprint density at radius 2 is 1.60 bits per heavy atom. The van der Waals surface area contributed by atoms with Gasteiger partial charge in [0.2, 0.25) is 0 Å². The molecule has 0 saturated heterocycles. The maximum atomic E-state index is 13.7. The standard InChI is InChI=1S/C26H25NO3/c1-3-30-24(28)16-9-17-27-18(2)25(22-13-6-7-15-23(22)27)26(29)21-14-8-11-19-10-4-5-12-20(19)21/h4-8,10-15H,3,9,16-17H2,1-2H3. The molecule has 30 heavy (non-hydrogen) atoms. The summed E-state index contributed by atoms with van der Waals surface area (Å²) in [6, 6.07) is 21.8. The molecule has 0 aliphatic carbocycles. The second-order valence-electron chi connectivity index (χ2n) is 7.39. The third kappa shape index (κ3) is 3.61. The number of hydrogen-bond acceptors (Lipinski definition) is 3. The Balaban J connectivity index is 1.75. The summed E-state index contributed by atoms with van der Waals surface area (Å²) in [5.74, 6) is -0.150. The molecule has 1 aromatic heterocycles. The van der Waals surface area contributed by atoms with Crippen LogP contribution in [-0.2, 0) is 16.1 Å². The smallest absolute Gasteiger partial charge is 0.305 e. The minimum absolute atomic E-state index is 0.0321. The largest absolute Gasteiger partial charge is 0.466 e. The Morgan fingerprint density at radius 1 is 0.900 bits per heavy atom. The Bertz CT molecular complexity index is 1230. The van der Waals surface area contributed by atoms with Crippen LogP contribution in [0.5, 0.6) is 0 Å². The molecule has 0 aliphatic rings. The van der Waals surface area contributed by atoms with Gasteiger partial charge in [-0.05, 0) is 37.1 Å². The van der Waals surface area contributed by atoms with Crippen molar-refractivity contribution in [2.75, 3.05) is 6.61 Å². The number of carbonyl (C=O) groups excluding carboxylic acids is 2. The van der Waals surface area contributed by atoms with Gasteiger partial charge in [0.15, 0.2) is 5.78 Å². The minimum Gasteiger partial charge on any atom is -0.466 e. The average Bonchev–Trinajstić information content (AvgIpc) is 3.04. The summed E-state index contributed by atoms with van der Waals surface area (Å²) in [6.07, 6.45) is 1.03. The van der Waals surface area contributed by atoms with E-state index in [0.717, 1.165) is 32.9 Å². The molecule has 0 saturated carbocycles. The molecule has 0 atom stereocenters. The Labute approximate surface area is 176 Å². The van der Waals surface area contributed by atoms with Crippen LogP contribution >= 0.6 is 0 Å². The number of hydrogen-bond donors (Lipinski definition) is 0. The normalized spacial score (nSPS) is 11.1. The van der Waals surface area contributed by atoms with E-state index in [0.29, 0.717) is 31.6 Å². The van der Waals surface area contributed by atoms with E-state index in [9.17, 15) is 9.59 Å². The lowest BCUT2D eigenvalue weighted by Crippen LogP contribution is -2.08. The number of ketones is 1. The van der Waals surface area contributed by atoms with Gasteiger partial charge in [0.05, 0.1) is 12.2 Å². The van der Waals surface area contributed by atoms with Crippen LogP contribution in [0.1, 0.15) is 41.4 Å². The van der Waals surface area contributed by atoms with Gasteiger partial charge in [0.1, 0.15) is 0 Å². The van der Waals surface area contributed by atoms with Crippen molar-refractivity contribution in [3.63, 3.8) is 0 Å². The minimum atomic E-state index is -0.182. The Kier molecular flexibility index (Phi) is 5.66. The van der Waals surface area contributed by atoms with E-state index in [-0.39, 0.29) is 11.8 Å². The zero-order valence-corrected chi connectivity index (χ0v) is 17.4. The highest BCUT2D eigenvalue weighted by atomic mass is 16.5. The summed E-state index contributed by atoms with van der Waals surface area (Å²) in [5, 5.41) is 2.96. The van der Waals surface area contributed by atoms with Gasteiger partial charge in [-0.2, -0.15) is 0 Å². The lowest BCUT2D eigenvalue weighted by Gasteiger charge is -2.09. The Morgan fingerprint density at radius 3 is 2.40 bits per heavy atom. The predicted octanol–water partition coefficient (Wildman–Crippen LogP) is 5.68. The molecular weight excluding hydrogens is 374 g/mol. The molecule has 0 N–H and O–H groups in total. The molecule has 0 spiro atoms. The Hall–Kier alpha value is -3.40. The summed E-state index contributed by atoms with van der Waals surface area (Å²) in [6.45, 7) is 4.86. The molecule has 0 radical (unpaired) electrons. The number of benzene rings is 3. The molecular formula is C26H25NO3. The molecule has 4 heteroatoms. The first kappa shape index (κ1) is 19.9. The molecule has 152 valence electrons. The van der Waals surface area contributed by atoms with Gasteiger partial charge in [0, 0.05) is 35.1 Å². The van der Waals surface area contributed by atoms with Gasteiger partial charge >= 0.3 is 5.97 Å². The third-order valence-electron chi connectivity index (χ3n) is 5.56. The van der Waals surface area contributed by atoms with Crippen LogP contribution in [0.4, 0.5) is 0 Å². The highest BCUT2D eigenvalue weighted by Gasteiger charge is 2.22. The van der Waals surface area contributed by atoms with Crippen LogP contribution in [0.15, 0.2) is 66.7 Å². The predicted molar refractivity (Wildman–Crippen MR) is 120 cm³/mol. The number of para-hydroxylation sites is 1. The number of ether oxygens (including phenoxy) is 1. The maximum Gasteiger partial charge on any atom is 0.305 e. The number of aromatic nitrogens is 1. The van der Waals surface area contributed by atoms with Gasteiger partial charge < -0.3 is 9.30 Å². The monoisotopic (exact) mass is 399 g/mol. The van der Waals surface area contributed by atoms with Crippen LogP contribution in [-0.4, -0.2) is 22.9 Å². The van der Waals surface area contributed by atoms with E-state index in [1.54, 1.807) is 0 Å². The van der Waals surface area contributed by atoms with Crippen LogP contribution in [0.25, 0.3) is 21.7 Å². The first-order chi connectivity index (χ1) is 14.6. The maximum absolute atomic E-state index is 13.7. The first-order valence-corrected chi connectivity index (χ1v) is 10.4. The molecule has 0 fully saturated rings. The highest BCUT2D eigenvalue weighted by molar-refractivity contribution is 6.22. The van der Waals surface area contributed by atoms with Crippen molar-refractivity contribution < 1.29 is 14.3 Å². The first-order valence-electron chi connectivity index (χ1n) is 10.4. The van der Waals surface area contributed by atoms with Crippen molar-refractivity contribution in [3.05, 3.63) is 83.6 Å². The average molecular weight is 399 g/mol. The topological polar surface area (TPSA) is 48.3 Å². The molecule has 4 rings (SSSR count). The lowest BCUT2D eigenvalue weighted by atomic mass is 9.95. The van der Waals surface area contributed by atoms with Gasteiger partial charge in [-0.3, -0.25) is 9.59 Å². The van der Waals surface area contributed by atoms with Crippen molar-refractivity contribution >= 4 is 33.4 Å². The SMILES string of the molecule is CCOC(=O)CCCn1c(C)c(C(=O)c2cccc3ccccc23)c2ccccc21. The quantitative estimate of drug-likeness (QED) is 0.297. The van der Waals surface area contributed by atoms with E-state index in [1.165, 1.54) is 0 Å². The van der Waals surface area contributed by atoms with Crippen LogP contribution < -0.4 is 0 Å². The highest BCUT2D eigenvalue weighted by Crippen LogP contribution is 2.30. The fourth-order valence-corrected chi connectivity index (χ4v) is 4.18. The molecule has 0 bridgehead atoms. The van der Waals surface area contributed by atoms with Crippen molar-refractivity contribution in [1.82, 2.24) is 4.57 Å². The fourth-order valence-electron chi connectivity index (χ4n) is 4.18. The molecule has 4 nitrogen and oxygen atoms in total. The second kappa shape index (κ2) is 8.54. The summed E-state index contributed by atoms with van der Waals surface area (Å²) >= 11 is 0. The summed E-state index contributed by atoms with van der Waals surface area (Å²) in [7, 11) is 0. The number of fused-ring (bicyclic) bond motifs is 2. The molecule has 0 unspecified atom stereocenters. The van der Waals surface area contributed by atoms with Gasteiger partial charge in [0.25, 0.3) is 0 Å². The number of aryl methyl sites for hydroxylation is 1. The number of esters is 1. The van der Waals surface area contributed by atoms with E-state index in [4.69, 9.17) is 4.74 Å². The van der Waals surface area contributed by atoms with Crippen LogP contribution in [0.3, 0.4) is 0 Å². The third-order valence-corrected chi connectivity index (χ3v) is 5.56. The van der Waals surface area contributed by atoms with E-state index < -0.39 is 0 Å². The van der Waals surface area contributed by atoms with E-state index >= 15 is 0 Å². The number of rotatable bonds is 7. The van der Waals surface area contributed by atoms with E-state index in [2.05, 4.69) is 4.57 Å². The molecule has 0 amide bonds. The molecule has 0 aliphatic heterocycles. The lowest BCUT2D eigenvalue weighted by molar-refractivity contribution is -0.143. The van der Waals surface area contributed by atoms with Gasteiger partial charge in [-0.25, -0.2) is 0 Å². The zero-order valence-electron chi connectivity index (χ0n) is 17.4. The number of carbonyl (C=O) groups is 2. The summed E-state index contributed by atoms with van der Waals surface area (Å²) in [4.78, 5) is 25.4.